The SMILES string of the molecule is CC(C)(C)Cc1cc2c(s1)CN[C@@H]1CCc3cc(O)c(O)cc3[C@@H]21. The Kier molecular flexibility index (Phi) is 3.66. The lowest BCUT2D eigenvalue weighted by molar-refractivity contribution is 0.382. The van der Waals surface area contributed by atoms with Gasteiger partial charge in [0, 0.05) is 28.3 Å². The molecule has 0 unspecified atom stereocenters. The molecule has 0 saturated carbocycles. The molecule has 1 aliphatic heterocycles. The monoisotopic (exact) mass is 343 g/mol. The van der Waals surface area contributed by atoms with Crippen molar-refractivity contribution in [2.75, 3.05) is 0 Å². The Hall–Kier alpha value is -1.52. The van der Waals surface area contributed by atoms with Crippen LogP contribution in [0, 0.1) is 5.41 Å². The molecular weight excluding hydrogens is 318 g/mol. The summed E-state index contributed by atoms with van der Waals surface area (Å²) in [7, 11) is 0. The van der Waals surface area contributed by atoms with Gasteiger partial charge < -0.3 is 15.5 Å². The first-order valence-electron chi connectivity index (χ1n) is 8.71. The first-order valence-corrected chi connectivity index (χ1v) is 9.53. The Balaban J connectivity index is 1.79. The molecule has 2 atom stereocenters. The van der Waals surface area contributed by atoms with E-state index in [9.17, 15) is 10.2 Å². The lowest BCUT2D eigenvalue weighted by Gasteiger charge is -2.38. The van der Waals surface area contributed by atoms with E-state index in [1.807, 2.05) is 11.3 Å². The van der Waals surface area contributed by atoms with E-state index in [1.165, 1.54) is 26.4 Å². The summed E-state index contributed by atoms with van der Waals surface area (Å²) >= 11 is 1.93. The van der Waals surface area contributed by atoms with Gasteiger partial charge in [0.05, 0.1) is 0 Å². The molecule has 0 bridgehead atoms. The van der Waals surface area contributed by atoms with Gasteiger partial charge in [0.2, 0.25) is 0 Å². The van der Waals surface area contributed by atoms with Crippen LogP contribution in [-0.4, -0.2) is 16.3 Å². The number of phenols is 2. The van der Waals surface area contributed by atoms with Gasteiger partial charge in [-0.05, 0) is 59.6 Å². The van der Waals surface area contributed by atoms with E-state index < -0.39 is 0 Å². The molecule has 4 heteroatoms. The number of benzene rings is 1. The van der Waals surface area contributed by atoms with E-state index in [2.05, 4.69) is 32.2 Å². The summed E-state index contributed by atoms with van der Waals surface area (Å²) in [5.41, 5.74) is 4.06. The maximum atomic E-state index is 10.0. The van der Waals surface area contributed by atoms with E-state index in [0.717, 1.165) is 25.8 Å². The first kappa shape index (κ1) is 16.0. The number of hydrogen-bond donors (Lipinski definition) is 3. The highest BCUT2D eigenvalue weighted by molar-refractivity contribution is 7.12. The average Bonchev–Trinajstić information content (AvgIpc) is 2.88. The van der Waals surface area contributed by atoms with E-state index >= 15 is 0 Å². The summed E-state index contributed by atoms with van der Waals surface area (Å²) in [6.07, 6.45) is 3.12. The van der Waals surface area contributed by atoms with Crippen molar-refractivity contribution in [2.45, 2.75) is 58.5 Å². The minimum absolute atomic E-state index is 0.00469. The number of fused-ring (bicyclic) bond motifs is 5. The molecule has 2 heterocycles. The van der Waals surface area contributed by atoms with Crippen LogP contribution in [0.3, 0.4) is 0 Å². The van der Waals surface area contributed by atoms with E-state index in [1.54, 1.807) is 12.1 Å². The van der Waals surface area contributed by atoms with Crippen LogP contribution in [-0.2, 0) is 19.4 Å². The second-order valence-electron chi connectivity index (χ2n) is 8.37. The summed E-state index contributed by atoms with van der Waals surface area (Å²) in [6.45, 7) is 7.79. The second kappa shape index (κ2) is 5.50. The van der Waals surface area contributed by atoms with Gasteiger partial charge in [-0.2, -0.15) is 0 Å². The molecule has 2 aromatic rings. The predicted molar refractivity (Wildman–Crippen MR) is 98.0 cm³/mol. The molecule has 128 valence electrons. The molecule has 3 nitrogen and oxygen atoms in total. The number of aromatic hydroxyl groups is 2. The molecule has 0 saturated heterocycles. The number of aryl methyl sites for hydroxylation is 1. The number of nitrogens with one attached hydrogen (secondary N) is 1. The van der Waals surface area contributed by atoms with Crippen molar-refractivity contribution in [1.29, 1.82) is 0 Å². The average molecular weight is 343 g/mol. The van der Waals surface area contributed by atoms with Crippen molar-refractivity contribution in [3.63, 3.8) is 0 Å². The second-order valence-corrected chi connectivity index (χ2v) is 9.59. The van der Waals surface area contributed by atoms with Gasteiger partial charge in [-0.1, -0.05) is 20.8 Å². The minimum atomic E-state index is -0.00771. The van der Waals surface area contributed by atoms with Crippen LogP contribution in [0.2, 0.25) is 0 Å². The summed E-state index contributed by atoms with van der Waals surface area (Å²) in [5, 5.41) is 23.5. The zero-order chi connectivity index (χ0) is 17.1. The van der Waals surface area contributed by atoms with Crippen molar-refractivity contribution in [1.82, 2.24) is 5.32 Å². The van der Waals surface area contributed by atoms with Gasteiger partial charge in [-0.3, -0.25) is 0 Å². The molecule has 1 aromatic carbocycles. The number of phenolic OH excluding ortho intramolecular Hbond substituents is 2. The van der Waals surface area contributed by atoms with Crippen molar-refractivity contribution < 1.29 is 10.2 Å². The van der Waals surface area contributed by atoms with E-state index in [0.29, 0.717) is 6.04 Å². The number of thiophene rings is 1. The predicted octanol–water partition coefficient (Wildman–Crippen LogP) is 4.30. The fourth-order valence-electron chi connectivity index (χ4n) is 4.18. The minimum Gasteiger partial charge on any atom is -0.504 e. The number of rotatable bonds is 1. The molecule has 0 fully saturated rings. The normalized spacial score (nSPS) is 22.6. The van der Waals surface area contributed by atoms with E-state index in [-0.39, 0.29) is 22.8 Å². The third-order valence-corrected chi connectivity index (χ3v) is 6.31. The van der Waals surface area contributed by atoms with Crippen LogP contribution < -0.4 is 5.32 Å². The molecule has 4 rings (SSSR count). The van der Waals surface area contributed by atoms with Crippen molar-refractivity contribution >= 4 is 11.3 Å². The lowest BCUT2D eigenvalue weighted by Crippen LogP contribution is -2.41. The maximum absolute atomic E-state index is 10.0. The highest BCUT2D eigenvalue weighted by atomic mass is 32.1. The van der Waals surface area contributed by atoms with Crippen LogP contribution in [0.5, 0.6) is 11.5 Å². The highest BCUT2D eigenvalue weighted by Crippen LogP contribution is 2.46. The maximum Gasteiger partial charge on any atom is 0.157 e. The molecule has 0 spiro atoms. The Morgan fingerprint density at radius 2 is 1.88 bits per heavy atom. The van der Waals surface area contributed by atoms with Gasteiger partial charge in [0.25, 0.3) is 0 Å². The molecule has 0 amide bonds. The van der Waals surface area contributed by atoms with Gasteiger partial charge >= 0.3 is 0 Å². The van der Waals surface area contributed by atoms with Crippen LogP contribution in [0.4, 0.5) is 0 Å². The molecule has 0 radical (unpaired) electrons. The summed E-state index contributed by atoms with van der Waals surface area (Å²) < 4.78 is 0. The van der Waals surface area contributed by atoms with E-state index in [4.69, 9.17) is 0 Å². The molecule has 2 aliphatic rings. The quantitative estimate of drug-likeness (QED) is 0.677. The molecule has 1 aromatic heterocycles. The summed E-state index contributed by atoms with van der Waals surface area (Å²) in [4.78, 5) is 2.88. The van der Waals surface area contributed by atoms with Crippen molar-refractivity contribution in [3.05, 3.63) is 44.6 Å². The molecule has 1 aliphatic carbocycles. The Morgan fingerprint density at radius 1 is 1.12 bits per heavy atom. The van der Waals surface area contributed by atoms with Gasteiger partial charge in [0.15, 0.2) is 11.5 Å². The molecule has 3 N–H and O–H groups in total. The largest absolute Gasteiger partial charge is 0.504 e. The molecular formula is C20H25NO2S. The third kappa shape index (κ3) is 2.72. The lowest BCUT2D eigenvalue weighted by atomic mass is 9.73. The zero-order valence-electron chi connectivity index (χ0n) is 14.5. The third-order valence-electron chi connectivity index (χ3n) is 5.16. The van der Waals surface area contributed by atoms with Crippen molar-refractivity contribution in [3.8, 4) is 11.5 Å². The number of hydrogen-bond acceptors (Lipinski definition) is 4. The Bertz CT molecular complexity index is 788. The fraction of sp³-hybridized carbons (Fsp3) is 0.500. The Morgan fingerprint density at radius 3 is 2.62 bits per heavy atom. The van der Waals surface area contributed by atoms with Crippen LogP contribution in [0.15, 0.2) is 18.2 Å². The van der Waals surface area contributed by atoms with Gasteiger partial charge in [-0.25, -0.2) is 0 Å². The summed E-state index contributed by atoms with van der Waals surface area (Å²) in [6, 6.07) is 6.34. The van der Waals surface area contributed by atoms with Gasteiger partial charge in [0.1, 0.15) is 0 Å². The van der Waals surface area contributed by atoms with Gasteiger partial charge in [-0.15, -0.1) is 11.3 Å². The topological polar surface area (TPSA) is 52.5 Å². The summed E-state index contributed by atoms with van der Waals surface area (Å²) in [5.74, 6) is 0.274. The van der Waals surface area contributed by atoms with Crippen molar-refractivity contribution in [2.24, 2.45) is 5.41 Å². The molecule has 24 heavy (non-hydrogen) atoms. The zero-order valence-corrected chi connectivity index (χ0v) is 15.3. The standard InChI is InChI=1S/C20H25NO2S/c1-20(2,3)9-12-7-14-18(24-12)10-21-15-5-4-11-6-16(22)17(23)8-13(11)19(14)15/h6-8,15,19,21-23H,4-5,9-10H2,1-3H3/t15-,19+/m1/s1. The fourth-order valence-corrected chi connectivity index (χ4v) is 5.64. The highest BCUT2D eigenvalue weighted by Gasteiger charge is 2.37. The van der Waals surface area contributed by atoms with Crippen LogP contribution in [0.25, 0.3) is 0 Å². The smallest absolute Gasteiger partial charge is 0.157 e. The first-order chi connectivity index (χ1) is 11.3. The Labute approximate surface area is 147 Å². The van der Waals surface area contributed by atoms with Crippen LogP contribution in [0.1, 0.15) is 59.6 Å². The van der Waals surface area contributed by atoms with Crippen LogP contribution >= 0.6 is 11.3 Å².